The Labute approximate surface area is 148 Å². The van der Waals surface area contributed by atoms with E-state index in [1.54, 1.807) is 4.88 Å². The molecule has 24 heavy (non-hydrogen) atoms. The second-order valence-corrected chi connectivity index (χ2v) is 8.12. The summed E-state index contributed by atoms with van der Waals surface area (Å²) in [6.07, 6.45) is 5.36. The maximum absolute atomic E-state index is 4.79. The van der Waals surface area contributed by atoms with Gasteiger partial charge in [-0.15, -0.1) is 22.7 Å². The van der Waals surface area contributed by atoms with Crippen LogP contribution in [0.3, 0.4) is 0 Å². The molecule has 0 amide bonds. The number of aromatic nitrogens is 2. The van der Waals surface area contributed by atoms with E-state index in [0.29, 0.717) is 6.04 Å². The molecule has 4 aromatic heterocycles. The zero-order valence-electron chi connectivity index (χ0n) is 13.1. The topological polar surface area (TPSA) is 20.5 Å². The molecule has 0 N–H and O–H groups in total. The second-order valence-electron chi connectivity index (χ2n) is 6.14. The highest BCUT2D eigenvalue weighted by atomic mass is 32.1. The van der Waals surface area contributed by atoms with Gasteiger partial charge in [0.25, 0.3) is 0 Å². The zero-order valence-corrected chi connectivity index (χ0v) is 14.8. The first kappa shape index (κ1) is 14.4. The molecule has 1 aliphatic rings. The van der Waals surface area contributed by atoms with Crippen molar-refractivity contribution in [3.63, 3.8) is 0 Å². The molecule has 5 rings (SSSR count). The van der Waals surface area contributed by atoms with Crippen LogP contribution in [0.2, 0.25) is 0 Å². The van der Waals surface area contributed by atoms with Gasteiger partial charge in [-0.05, 0) is 47.0 Å². The number of hydrogen-bond acceptors (Lipinski definition) is 4. The maximum atomic E-state index is 4.79. The highest BCUT2D eigenvalue weighted by Crippen LogP contribution is 2.40. The fraction of sp³-hybridized carbons (Fsp3) is 0.211. The smallest absolute Gasteiger partial charge is 0.137 e. The lowest BCUT2D eigenvalue weighted by atomic mass is 9.98. The van der Waals surface area contributed by atoms with Gasteiger partial charge in [-0.3, -0.25) is 4.90 Å². The Morgan fingerprint density at radius 2 is 2.08 bits per heavy atom. The Morgan fingerprint density at radius 1 is 1.08 bits per heavy atom. The summed E-state index contributed by atoms with van der Waals surface area (Å²) in [5.74, 6) is 0. The van der Waals surface area contributed by atoms with E-state index in [1.165, 1.54) is 10.4 Å². The van der Waals surface area contributed by atoms with Gasteiger partial charge in [-0.1, -0.05) is 12.1 Å². The van der Waals surface area contributed by atoms with Crippen LogP contribution in [0.15, 0.2) is 59.6 Å². The van der Waals surface area contributed by atoms with Crippen molar-refractivity contribution < 1.29 is 0 Å². The fourth-order valence-electron chi connectivity index (χ4n) is 3.59. The number of nitrogens with zero attached hydrogens (tertiary/aromatic N) is 3. The molecule has 5 heteroatoms. The van der Waals surface area contributed by atoms with Gasteiger partial charge in [0.15, 0.2) is 0 Å². The van der Waals surface area contributed by atoms with Crippen molar-refractivity contribution in [1.29, 1.82) is 0 Å². The summed E-state index contributed by atoms with van der Waals surface area (Å²) in [6.45, 7) is 1.98. The van der Waals surface area contributed by atoms with E-state index in [4.69, 9.17) is 4.98 Å². The van der Waals surface area contributed by atoms with Crippen LogP contribution in [0, 0.1) is 0 Å². The van der Waals surface area contributed by atoms with Crippen LogP contribution in [-0.4, -0.2) is 20.8 Å². The largest absolute Gasteiger partial charge is 0.307 e. The molecule has 3 nitrogen and oxygen atoms in total. The maximum Gasteiger partial charge on any atom is 0.137 e. The quantitative estimate of drug-likeness (QED) is 0.537. The molecule has 1 atom stereocenters. The minimum atomic E-state index is 0.366. The Balaban J connectivity index is 1.52. The van der Waals surface area contributed by atoms with Gasteiger partial charge >= 0.3 is 0 Å². The molecule has 0 fully saturated rings. The number of pyridine rings is 1. The van der Waals surface area contributed by atoms with Crippen LogP contribution in [0.5, 0.6) is 0 Å². The van der Waals surface area contributed by atoms with Gasteiger partial charge in [0.2, 0.25) is 0 Å². The SMILES string of the molecule is c1csc([C@@H]2c3ccsc3CCN2Cc2cn3ccccc3n2)c1. The predicted molar refractivity (Wildman–Crippen MR) is 99.8 cm³/mol. The minimum absolute atomic E-state index is 0.366. The van der Waals surface area contributed by atoms with Crippen molar-refractivity contribution in [3.8, 4) is 0 Å². The van der Waals surface area contributed by atoms with Gasteiger partial charge in [0.05, 0.1) is 11.7 Å². The highest BCUT2D eigenvalue weighted by Gasteiger charge is 2.30. The Hall–Kier alpha value is -1.95. The summed E-state index contributed by atoms with van der Waals surface area (Å²) in [5, 5.41) is 4.42. The third kappa shape index (κ3) is 2.40. The molecule has 1 aliphatic heterocycles. The number of thiophene rings is 2. The number of fused-ring (bicyclic) bond motifs is 2. The summed E-state index contributed by atoms with van der Waals surface area (Å²) in [4.78, 5) is 10.3. The third-order valence-electron chi connectivity index (χ3n) is 4.66. The summed E-state index contributed by atoms with van der Waals surface area (Å²) in [5.41, 5.74) is 3.65. The summed E-state index contributed by atoms with van der Waals surface area (Å²) in [7, 11) is 0. The van der Waals surface area contributed by atoms with Crippen molar-refractivity contribution in [2.24, 2.45) is 0 Å². The van der Waals surface area contributed by atoms with Crippen molar-refractivity contribution in [2.75, 3.05) is 6.54 Å². The predicted octanol–water partition coefficient (Wildman–Crippen LogP) is 4.61. The molecular weight excluding hydrogens is 334 g/mol. The van der Waals surface area contributed by atoms with Crippen LogP contribution in [0.1, 0.15) is 27.1 Å². The Morgan fingerprint density at radius 3 is 2.96 bits per heavy atom. The molecule has 0 unspecified atom stereocenters. The molecule has 0 aliphatic carbocycles. The van der Waals surface area contributed by atoms with E-state index in [0.717, 1.165) is 30.9 Å². The standard InChI is InChI=1S/C19H17N3S2/c1-2-8-21-12-14(20-18(21)5-1)13-22-9-6-16-15(7-11-24-16)19(22)17-4-3-10-23-17/h1-5,7-8,10-12,19H,6,9,13H2/t19-/m0/s1. The first-order valence-electron chi connectivity index (χ1n) is 8.15. The average molecular weight is 352 g/mol. The van der Waals surface area contributed by atoms with Crippen LogP contribution < -0.4 is 0 Å². The lowest BCUT2D eigenvalue weighted by molar-refractivity contribution is 0.207. The average Bonchev–Trinajstić information content (AvgIpc) is 3.34. The van der Waals surface area contributed by atoms with Gasteiger partial charge in [0, 0.05) is 35.2 Å². The van der Waals surface area contributed by atoms with Gasteiger partial charge in [-0.2, -0.15) is 0 Å². The summed E-state index contributed by atoms with van der Waals surface area (Å²) < 4.78 is 2.11. The van der Waals surface area contributed by atoms with Crippen molar-refractivity contribution in [1.82, 2.24) is 14.3 Å². The van der Waals surface area contributed by atoms with Crippen LogP contribution in [0.4, 0.5) is 0 Å². The van der Waals surface area contributed by atoms with Crippen molar-refractivity contribution >= 4 is 28.3 Å². The first-order chi connectivity index (χ1) is 11.9. The lowest BCUT2D eigenvalue weighted by Crippen LogP contribution is -2.34. The molecule has 0 bridgehead atoms. The van der Waals surface area contributed by atoms with Crippen LogP contribution in [-0.2, 0) is 13.0 Å². The van der Waals surface area contributed by atoms with Gasteiger partial charge < -0.3 is 4.40 Å². The molecule has 0 radical (unpaired) electrons. The van der Waals surface area contributed by atoms with E-state index in [2.05, 4.69) is 56.7 Å². The second kappa shape index (κ2) is 5.84. The van der Waals surface area contributed by atoms with E-state index in [-0.39, 0.29) is 0 Å². The van der Waals surface area contributed by atoms with E-state index >= 15 is 0 Å². The summed E-state index contributed by atoms with van der Waals surface area (Å²) >= 11 is 3.75. The molecule has 4 aromatic rings. The van der Waals surface area contributed by atoms with E-state index < -0.39 is 0 Å². The highest BCUT2D eigenvalue weighted by molar-refractivity contribution is 7.10. The zero-order chi connectivity index (χ0) is 15.9. The van der Waals surface area contributed by atoms with E-state index in [9.17, 15) is 0 Å². The Bertz CT molecular complexity index is 935. The van der Waals surface area contributed by atoms with Crippen LogP contribution >= 0.6 is 22.7 Å². The molecule has 120 valence electrons. The molecule has 0 saturated carbocycles. The third-order valence-corrected chi connectivity index (χ3v) is 6.58. The number of rotatable bonds is 3. The fourth-order valence-corrected chi connectivity index (χ4v) is 5.37. The molecule has 0 saturated heterocycles. The first-order valence-corrected chi connectivity index (χ1v) is 9.91. The molecule has 0 aromatic carbocycles. The van der Waals surface area contributed by atoms with Gasteiger partial charge in [-0.25, -0.2) is 4.98 Å². The molecule has 5 heterocycles. The normalized spacial score (nSPS) is 18.1. The van der Waals surface area contributed by atoms with Crippen molar-refractivity contribution in [2.45, 2.75) is 19.0 Å². The van der Waals surface area contributed by atoms with Gasteiger partial charge in [0.1, 0.15) is 5.65 Å². The Kier molecular flexibility index (Phi) is 3.51. The van der Waals surface area contributed by atoms with E-state index in [1.807, 2.05) is 34.8 Å². The minimum Gasteiger partial charge on any atom is -0.307 e. The van der Waals surface area contributed by atoms with Crippen molar-refractivity contribution in [3.05, 3.63) is 80.6 Å². The monoisotopic (exact) mass is 351 g/mol. The van der Waals surface area contributed by atoms with Crippen LogP contribution in [0.25, 0.3) is 5.65 Å². The number of hydrogen-bond donors (Lipinski definition) is 0. The molecular formula is C19H17N3S2. The molecule has 0 spiro atoms. The number of imidazole rings is 1. The summed E-state index contributed by atoms with van der Waals surface area (Å²) in [6, 6.07) is 13.2. The lowest BCUT2D eigenvalue weighted by Gasteiger charge is -2.34.